The van der Waals surface area contributed by atoms with Gasteiger partial charge in [-0.2, -0.15) is 13.2 Å². The Balaban J connectivity index is 2.70. The molecule has 1 rings (SSSR count). The molecule has 0 aliphatic rings. The van der Waals surface area contributed by atoms with E-state index in [0.29, 0.717) is 19.4 Å². The minimum absolute atomic E-state index is 0.0569. The van der Waals surface area contributed by atoms with Crippen LogP contribution in [0.15, 0.2) is 12.3 Å². The van der Waals surface area contributed by atoms with E-state index in [2.05, 4.69) is 10.3 Å². The third kappa shape index (κ3) is 4.10. The zero-order chi connectivity index (χ0) is 12.9. The van der Waals surface area contributed by atoms with Crippen molar-refractivity contribution in [2.75, 3.05) is 24.2 Å². The van der Waals surface area contributed by atoms with Gasteiger partial charge in [-0.1, -0.05) is 0 Å². The highest BCUT2D eigenvalue weighted by Gasteiger charge is 2.32. The molecule has 0 unspecified atom stereocenters. The monoisotopic (exact) mass is 249 g/mol. The number of unbranched alkanes of at least 4 members (excludes halogenated alkanes) is 1. The van der Waals surface area contributed by atoms with Gasteiger partial charge in [-0.25, -0.2) is 4.98 Å². The maximum Gasteiger partial charge on any atom is 0.433 e. The van der Waals surface area contributed by atoms with Crippen LogP contribution in [-0.4, -0.2) is 23.2 Å². The van der Waals surface area contributed by atoms with Crippen LogP contribution in [0.1, 0.15) is 18.5 Å². The van der Waals surface area contributed by atoms with Crippen molar-refractivity contribution in [1.29, 1.82) is 0 Å². The van der Waals surface area contributed by atoms with Crippen molar-refractivity contribution < 1.29 is 18.3 Å². The summed E-state index contributed by atoms with van der Waals surface area (Å²) in [5.41, 5.74) is 4.91. The molecule has 0 bridgehead atoms. The van der Waals surface area contributed by atoms with Crippen LogP contribution in [0.3, 0.4) is 0 Å². The molecule has 0 aliphatic heterocycles. The number of hydrogen-bond donors (Lipinski definition) is 3. The number of aliphatic hydroxyl groups excluding tert-OH is 1. The minimum Gasteiger partial charge on any atom is -0.396 e. The van der Waals surface area contributed by atoms with E-state index in [9.17, 15) is 13.2 Å². The average Bonchev–Trinajstić information content (AvgIpc) is 2.25. The van der Waals surface area contributed by atoms with Crippen LogP contribution in [0.5, 0.6) is 0 Å². The maximum absolute atomic E-state index is 12.4. The summed E-state index contributed by atoms with van der Waals surface area (Å²) in [6.45, 7) is 0.507. The van der Waals surface area contributed by atoms with Gasteiger partial charge >= 0.3 is 6.18 Å². The molecule has 7 heteroatoms. The second kappa shape index (κ2) is 5.72. The molecule has 1 aromatic rings. The summed E-state index contributed by atoms with van der Waals surface area (Å²) in [4.78, 5) is 3.22. The van der Waals surface area contributed by atoms with Crippen molar-refractivity contribution in [1.82, 2.24) is 4.98 Å². The van der Waals surface area contributed by atoms with E-state index in [4.69, 9.17) is 10.8 Å². The third-order valence-corrected chi connectivity index (χ3v) is 2.13. The molecule has 4 N–H and O–H groups in total. The number of anilines is 2. The zero-order valence-corrected chi connectivity index (χ0v) is 9.09. The SMILES string of the molecule is Nc1cnc(C(F)(F)F)cc1NCCCCO. The number of nitrogen functional groups attached to an aromatic ring is 1. The van der Waals surface area contributed by atoms with Crippen LogP contribution in [-0.2, 0) is 6.18 Å². The van der Waals surface area contributed by atoms with Gasteiger partial charge in [-0.15, -0.1) is 0 Å². The fraction of sp³-hybridized carbons (Fsp3) is 0.500. The number of nitrogens with zero attached hydrogens (tertiary/aromatic N) is 1. The van der Waals surface area contributed by atoms with Crippen molar-refractivity contribution in [3.63, 3.8) is 0 Å². The van der Waals surface area contributed by atoms with Gasteiger partial charge in [-0.05, 0) is 18.9 Å². The summed E-state index contributed by atoms with van der Waals surface area (Å²) in [7, 11) is 0. The number of aromatic nitrogens is 1. The van der Waals surface area contributed by atoms with Crippen molar-refractivity contribution >= 4 is 11.4 Å². The predicted octanol–water partition coefficient (Wildman–Crippen LogP) is 1.87. The van der Waals surface area contributed by atoms with E-state index in [-0.39, 0.29) is 18.0 Å². The van der Waals surface area contributed by atoms with E-state index in [1.807, 2.05) is 0 Å². The van der Waals surface area contributed by atoms with Gasteiger partial charge in [0.25, 0.3) is 0 Å². The molecule has 0 aliphatic carbocycles. The first kappa shape index (κ1) is 13.6. The average molecular weight is 249 g/mol. The number of hydrogen-bond acceptors (Lipinski definition) is 4. The maximum atomic E-state index is 12.4. The van der Waals surface area contributed by atoms with E-state index >= 15 is 0 Å². The predicted molar refractivity (Wildman–Crippen MR) is 58.5 cm³/mol. The fourth-order valence-corrected chi connectivity index (χ4v) is 1.23. The second-order valence-electron chi connectivity index (χ2n) is 3.51. The topological polar surface area (TPSA) is 71.2 Å². The normalized spacial score (nSPS) is 11.5. The molecule has 0 spiro atoms. The number of rotatable bonds is 5. The lowest BCUT2D eigenvalue weighted by Crippen LogP contribution is -2.11. The summed E-state index contributed by atoms with van der Waals surface area (Å²) in [6.07, 6.45) is -2.25. The first-order chi connectivity index (χ1) is 7.95. The van der Waals surface area contributed by atoms with Gasteiger partial charge < -0.3 is 16.2 Å². The smallest absolute Gasteiger partial charge is 0.396 e. The Bertz CT molecular complexity index is 368. The van der Waals surface area contributed by atoms with Crippen LogP contribution in [0.25, 0.3) is 0 Å². The molecular formula is C10H14F3N3O. The van der Waals surface area contributed by atoms with Crippen LogP contribution in [0.4, 0.5) is 24.5 Å². The number of nitrogens with one attached hydrogen (secondary N) is 1. The lowest BCUT2D eigenvalue weighted by molar-refractivity contribution is -0.141. The Labute approximate surface area is 96.7 Å². The molecule has 0 amide bonds. The number of alkyl halides is 3. The van der Waals surface area contributed by atoms with Gasteiger partial charge in [-0.3, -0.25) is 0 Å². The Hall–Kier alpha value is -1.50. The van der Waals surface area contributed by atoms with Gasteiger partial charge in [0.2, 0.25) is 0 Å². The number of nitrogens with two attached hydrogens (primary N) is 1. The molecule has 0 aromatic carbocycles. The lowest BCUT2D eigenvalue weighted by Gasteiger charge is -2.11. The summed E-state index contributed by atoms with van der Waals surface area (Å²) in [5.74, 6) is 0. The summed E-state index contributed by atoms with van der Waals surface area (Å²) in [6, 6.07) is 0.883. The number of aliphatic hydroxyl groups is 1. The first-order valence-corrected chi connectivity index (χ1v) is 5.12. The highest BCUT2D eigenvalue weighted by atomic mass is 19.4. The van der Waals surface area contributed by atoms with Crippen molar-refractivity contribution in [2.24, 2.45) is 0 Å². The standard InChI is InChI=1S/C10H14F3N3O/c11-10(12,13)9-5-8(7(14)6-16-9)15-3-1-2-4-17/h5-6,17H,1-4,14H2,(H,15,16). The largest absolute Gasteiger partial charge is 0.433 e. The fourth-order valence-electron chi connectivity index (χ4n) is 1.23. The number of halogens is 3. The van der Waals surface area contributed by atoms with E-state index in [0.717, 1.165) is 12.3 Å². The van der Waals surface area contributed by atoms with E-state index < -0.39 is 11.9 Å². The minimum atomic E-state index is -4.48. The Morgan fingerprint density at radius 2 is 2.06 bits per heavy atom. The quantitative estimate of drug-likeness (QED) is 0.697. The second-order valence-corrected chi connectivity index (χ2v) is 3.51. The molecule has 0 saturated carbocycles. The molecule has 96 valence electrons. The van der Waals surface area contributed by atoms with Crippen molar-refractivity contribution in [3.8, 4) is 0 Å². The summed E-state index contributed by atoms with van der Waals surface area (Å²) in [5, 5.41) is 11.3. The third-order valence-electron chi connectivity index (χ3n) is 2.13. The molecule has 1 aromatic heterocycles. The first-order valence-electron chi connectivity index (χ1n) is 5.12. The van der Waals surface area contributed by atoms with Crippen LogP contribution >= 0.6 is 0 Å². The van der Waals surface area contributed by atoms with Gasteiger partial charge in [0.1, 0.15) is 5.69 Å². The molecular weight excluding hydrogens is 235 g/mol. The van der Waals surface area contributed by atoms with Gasteiger partial charge in [0, 0.05) is 13.2 Å². The van der Waals surface area contributed by atoms with Crippen LogP contribution in [0, 0.1) is 0 Å². The summed E-state index contributed by atoms with van der Waals surface area (Å²) < 4.78 is 37.1. The highest BCUT2D eigenvalue weighted by molar-refractivity contribution is 5.65. The molecule has 0 radical (unpaired) electrons. The Kier molecular flexibility index (Phi) is 4.56. The molecule has 0 fully saturated rings. The lowest BCUT2D eigenvalue weighted by atomic mass is 10.2. The molecule has 0 saturated heterocycles. The van der Waals surface area contributed by atoms with E-state index in [1.54, 1.807) is 0 Å². The summed E-state index contributed by atoms with van der Waals surface area (Å²) >= 11 is 0. The van der Waals surface area contributed by atoms with Crippen LogP contribution in [0.2, 0.25) is 0 Å². The van der Waals surface area contributed by atoms with Gasteiger partial charge in [0.05, 0.1) is 17.6 Å². The molecule has 1 heterocycles. The highest BCUT2D eigenvalue weighted by Crippen LogP contribution is 2.30. The zero-order valence-electron chi connectivity index (χ0n) is 9.09. The Morgan fingerprint density at radius 3 is 2.65 bits per heavy atom. The van der Waals surface area contributed by atoms with Crippen LogP contribution < -0.4 is 11.1 Å². The van der Waals surface area contributed by atoms with Crippen molar-refractivity contribution in [3.05, 3.63) is 18.0 Å². The van der Waals surface area contributed by atoms with Crippen molar-refractivity contribution in [2.45, 2.75) is 19.0 Å². The Morgan fingerprint density at radius 1 is 1.35 bits per heavy atom. The van der Waals surface area contributed by atoms with Gasteiger partial charge in [0.15, 0.2) is 0 Å². The molecule has 4 nitrogen and oxygen atoms in total. The van der Waals surface area contributed by atoms with E-state index in [1.165, 1.54) is 0 Å². The molecule has 0 atom stereocenters. The molecule has 17 heavy (non-hydrogen) atoms. The number of pyridine rings is 1.